The summed E-state index contributed by atoms with van der Waals surface area (Å²) < 4.78 is 2.26. The molecule has 3 heteroatoms. The summed E-state index contributed by atoms with van der Waals surface area (Å²) in [5.74, 6) is 1.71. The van der Waals surface area contributed by atoms with E-state index in [1.54, 1.807) is 0 Å². The molecule has 3 nitrogen and oxygen atoms in total. The molecule has 0 fully saturated rings. The molecule has 0 aliphatic carbocycles. The van der Waals surface area contributed by atoms with Gasteiger partial charge in [-0.05, 0) is 40.0 Å². The lowest BCUT2D eigenvalue weighted by molar-refractivity contribution is 0.430. The zero-order chi connectivity index (χ0) is 12.3. The van der Waals surface area contributed by atoms with E-state index in [0.717, 1.165) is 11.6 Å². The van der Waals surface area contributed by atoms with Gasteiger partial charge in [-0.2, -0.15) is 0 Å². The third kappa shape index (κ3) is 3.54. The minimum absolute atomic E-state index is 0.423. The molecule has 0 aliphatic heterocycles. The van der Waals surface area contributed by atoms with E-state index >= 15 is 0 Å². The first-order chi connectivity index (χ1) is 7.40. The van der Waals surface area contributed by atoms with Gasteiger partial charge in [-0.3, -0.25) is 0 Å². The molecule has 0 bridgehead atoms. The van der Waals surface area contributed by atoms with Gasteiger partial charge in [0.1, 0.15) is 0 Å². The Balaban J connectivity index is 2.84. The molecule has 0 saturated carbocycles. The molecular weight excluding hydrogens is 198 g/mol. The van der Waals surface area contributed by atoms with Crippen LogP contribution in [0.1, 0.15) is 52.8 Å². The average molecular weight is 223 g/mol. The lowest BCUT2D eigenvalue weighted by atomic mass is 10.1. The van der Waals surface area contributed by atoms with Crippen molar-refractivity contribution in [2.45, 2.75) is 60.0 Å². The third-order valence-corrected chi connectivity index (χ3v) is 2.56. The summed E-state index contributed by atoms with van der Waals surface area (Å²) in [6, 6.07) is 0.925. The molecule has 0 spiro atoms. The molecule has 1 aromatic heterocycles. The fourth-order valence-corrected chi connectivity index (χ4v) is 2.01. The molecule has 0 saturated heterocycles. The first-order valence-corrected chi connectivity index (χ1v) is 6.22. The minimum Gasteiger partial charge on any atom is -0.353 e. The van der Waals surface area contributed by atoms with Gasteiger partial charge in [-0.15, -0.1) is 0 Å². The maximum Gasteiger partial charge on any atom is 0.203 e. The molecule has 0 aliphatic rings. The van der Waals surface area contributed by atoms with Crippen LogP contribution in [-0.2, 0) is 0 Å². The van der Waals surface area contributed by atoms with Crippen LogP contribution >= 0.6 is 0 Å². The standard InChI is InChI=1S/C13H25N3/c1-9(2)7-12(6)16-8-11(5)15-13(16)14-10(3)4/h8-10,12H,7H2,1-6H3,(H,14,15). The van der Waals surface area contributed by atoms with Gasteiger partial charge in [0.2, 0.25) is 5.95 Å². The summed E-state index contributed by atoms with van der Waals surface area (Å²) in [6.45, 7) is 13.1. The van der Waals surface area contributed by atoms with E-state index in [1.807, 2.05) is 6.92 Å². The maximum atomic E-state index is 4.53. The maximum absolute atomic E-state index is 4.53. The third-order valence-electron chi connectivity index (χ3n) is 2.56. The number of hydrogen-bond donors (Lipinski definition) is 1. The van der Waals surface area contributed by atoms with Crippen molar-refractivity contribution in [1.29, 1.82) is 0 Å². The first-order valence-electron chi connectivity index (χ1n) is 6.22. The second kappa shape index (κ2) is 5.37. The predicted molar refractivity (Wildman–Crippen MR) is 69.9 cm³/mol. The lowest BCUT2D eigenvalue weighted by Gasteiger charge is -2.19. The Bertz CT molecular complexity index is 326. The van der Waals surface area contributed by atoms with E-state index in [4.69, 9.17) is 0 Å². The number of imidazole rings is 1. The highest BCUT2D eigenvalue weighted by atomic mass is 15.2. The number of aromatic nitrogens is 2. The molecule has 1 atom stereocenters. The van der Waals surface area contributed by atoms with Crippen LogP contribution in [0.4, 0.5) is 5.95 Å². The van der Waals surface area contributed by atoms with Crippen LogP contribution in [0.3, 0.4) is 0 Å². The van der Waals surface area contributed by atoms with Crippen molar-refractivity contribution in [2.24, 2.45) is 5.92 Å². The summed E-state index contributed by atoms with van der Waals surface area (Å²) >= 11 is 0. The van der Waals surface area contributed by atoms with E-state index in [0.29, 0.717) is 18.0 Å². The number of anilines is 1. The number of nitrogens with one attached hydrogen (secondary N) is 1. The second-order valence-corrected chi connectivity index (χ2v) is 5.39. The summed E-state index contributed by atoms with van der Waals surface area (Å²) in [4.78, 5) is 4.53. The quantitative estimate of drug-likeness (QED) is 0.826. The fraction of sp³-hybridized carbons (Fsp3) is 0.769. The zero-order valence-corrected chi connectivity index (χ0v) is 11.4. The molecule has 92 valence electrons. The highest BCUT2D eigenvalue weighted by Gasteiger charge is 2.13. The summed E-state index contributed by atoms with van der Waals surface area (Å²) in [7, 11) is 0. The molecule has 0 aromatic carbocycles. The molecule has 1 unspecified atom stereocenters. The van der Waals surface area contributed by atoms with Crippen molar-refractivity contribution < 1.29 is 0 Å². The Hall–Kier alpha value is -0.990. The van der Waals surface area contributed by atoms with Gasteiger partial charge in [0.15, 0.2) is 0 Å². The number of hydrogen-bond acceptors (Lipinski definition) is 2. The minimum atomic E-state index is 0.423. The van der Waals surface area contributed by atoms with E-state index in [9.17, 15) is 0 Å². The van der Waals surface area contributed by atoms with Gasteiger partial charge in [-0.25, -0.2) is 4.98 Å². The Morgan fingerprint density at radius 1 is 1.25 bits per heavy atom. The van der Waals surface area contributed by atoms with Crippen molar-refractivity contribution in [3.05, 3.63) is 11.9 Å². The zero-order valence-electron chi connectivity index (χ0n) is 11.4. The van der Waals surface area contributed by atoms with Crippen LogP contribution in [0.25, 0.3) is 0 Å². The van der Waals surface area contributed by atoms with Crippen molar-refractivity contribution in [2.75, 3.05) is 5.32 Å². The summed E-state index contributed by atoms with van der Waals surface area (Å²) in [5, 5.41) is 3.40. The highest BCUT2D eigenvalue weighted by molar-refractivity contribution is 5.30. The largest absolute Gasteiger partial charge is 0.353 e. The topological polar surface area (TPSA) is 29.9 Å². The normalized spacial score (nSPS) is 13.5. The van der Waals surface area contributed by atoms with E-state index in [1.165, 1.54) is 6.42 Å². The van der Waals surface area contributed by atoms with E-state index in [-0.39, 0.29) is 0 Å². The van der Waals surface area contributed by atoms with Crippen LogP contribution in [0.2, 0.25) is 0 Å². The molecular formula is C13H25N3. The van der Waals surface area contributed by atoms with Gasteiger partial charge < -0.3 is 9.88 Å². The Morgan fingerprint density at radius 3 is 2.38 bits per heavy atom. The van der Waals surface area contributed by atoms with Gasteiger partial charge >= 0.3 is 0 Å². The number of nitrogens with zero attached hydrogens (tertiary/aromatic N) is 2. The number of aryl methyl sites for hydroxylation is 1. The van der Waals surface area contributed by atoms with Gasteiger partial charge in [0.05, 0.1) is 5.69 Å². The molecule has 0 radical (unpaired) electrons. The van der Waals surface area contributed by atoms with E-state index < -0.39 is 0 Å². The van der Waals surface area contributed by atoms with Crippen molar-refractivity contribution in [3.63, 3.8) is 0 Å². The Labute approximate surface area is 99.3 Å². The van der Waals surface area contributed by atoms with Gasteiger partial charge in [0, 0.05) is 18.3 Å². The fourth-order valence-electron chi connectivity index (χ4n) is 2.01. The van der Waals surface area contributed by atoms with Crippen LogP contribution < -0.4 is 5.32 Å². The Kier molecular flexibility index (Phi) is 4.39. The average Bonchev–Trinajstić information content (AvgIpc) is 2.44. The summed E-state index contributed by atoms with van der Waals surface area (Å²) in [6.07, 6.45) is 3.32. The van der Waals surface area contributed by atoms with Crippen LogP contribution in [0.15, 0.2) is 6.20 Å². The molecule has 16 heavy (non-hydrogen) atoms. The van der Waals surface area contributed by atoms with Gasteiger partial charge in [0.25, 0.3) is 0 Å². The second-order valence-electron chi connectivity index (χ2n) is 5.39. The molecule has 1 rings (SSSR count). The van der Waals surface area contributed by atoms with Gasteiger partial charge in [-0.1, -0.05) is 13.8 Å². The number of rotatable bonds is 5. The summed E-state index contributed by atoms with van der Waals surface area (Å²) in [5.41, 5.74) is 1.08. The lowest BCUT2D eigenvalue weighted by Crippen LogP contribution is -2.17. The van der Waals surface area contributed by atoms with Crippen molar-refractivity contribution >= 4 is 5.95 Å². The monoisotopic (exact) mass is 223 g/mol. The van der Waals surface area contributed by atoms with E-state index in [2.05, 4.69) is 55.7 Å². The van der Waals surface area contributed by atoms with Crippen LogP contribution in [0.5, 0.6) is 0 Å². The highest BCUT2D eigenvalue weighted by Crippen LogP contribution is 2.22. The van der Waals surface area contributed by atoms with Crippen molar-refractivity contribution in [1.82, 2.24) is 9.55 Å². The van der Waals surface area contributed by atoms with Crippen LogP contribution in [-0.4, -0.2) is 15.6 Å². The SMILES string of the molecule is Cc1cn(C(C)CC(C)C)c(NC(C)C)n1. The predicted octanol–water partition coefficient (Wildman–Crippen LogP) is 3.62. The van der Waals surface area contributed by atoms with Crippen LogP contribution in [0, 0.1) is 12.8 Å². The van der Waals surface area contributed by atoms with Crippen molar-refractivity contribution in [3.8, 4) is 0 Å². The molecule has 1 aromatic rings. The smallest absolute Gasteiger partial charge is 0.203 e. The molecule has 1 N–H and O–H groups in total. The molecule has 0 amide bonds. The first kappa shape index (κ1) is 13.1. The molecule has 1 heterocycles. The Morgan fingerprint density at radius 2 is 1.88 bits per heavy atom.